The number of nitrogens with two attached hydrogens (primary N) is 1. The predicted octanol–water partition coefficient (Wildman–Crippen LogP) is 1.21. The maximum absolute atomic E-state index is 10.9. The topological polar surface area (TPSA) is 84.0 Å². The lowest BCUT2D eigenvalue weighted by Gasteiger charge is -2.04. The fourth-order valence-electron chi connectivity index (χ4n) is 0.890. The normalized spacial score (nSPS) is 11.6. The van der Waals surface area contributed by atoms with E-state index in [0.29, 0.717) is 10.6 Å². The molecule has 0 atom stereocenters. The zero-order valence-corrected chi connectivity index (χ0v) is 8.41. The van der Waals surface area contributed by atoms with Crippen molar-refractivity contribution >= 4 is 27.3 Å². The van der Waals surface area contributed by atoms with Gasteiger partial charge >= 0.3 is 0 Å². The first-order valence-corrected chi connectivity index (χ1v) is 5.29. The molecule has 0 heterocycles. The molecule has 0 saturated carbocycles. The van der Waals surface area contributed by atoms with Gasteiger partial charge in [-0.15, -0.1) is 0 Å². The minimum atomic E-state index is -3.82. The molecule has 0 aliphatic carbocycles. The van der Waals surface area contributed by atoms with Crippen LogP contribution in [0.15, 0.2) is 17.0 Å². The van der Waals surface area contributed by atoms with E-state index >= 15 is 0 Å². The summed E-state index contributed by atoms with van der Waals surface area (Å²) in [6.07, 6.45) is 0. The monoisotopic (exact) mass is 219 g/mol. The molecule has 0 saturated heterocycles. The van der Waals surface area contributed by atoms with Crippen LogP contribution >= 0.6 is 11.6 Å². The molecule has 0 aliphatic heterocycles. The Morgan fingerprint density at radius 1 is 1.46 bits per heavy atom. The summed E-state index contributed by atoms with van der Waals surface area (Å²) in [5, 5.41) is 5.24. The third kappa shape index (κ3) is 2.12. The van der Waals surface area contributed by atoms with Crippen LogP contribution in [-0.2, 0) is 10.0 Å². The van der Waals surface area contributed by atoms with E-state index in [1.54, 1.807) is 6.92 Å². The number of benzene rings is 1. The Bertz CT molecular complexity index is 442. The number of nitrogens with one attached hydrogen (secondary N) is 1. The van der Waals surface area contributed by atoms with Crippen molar-refractivity contribution < 1.29 is 8.42 Å². The van der Waals surface area contributed by atoms with Gasteiger partial charge in [0.1, 0.15) is 4.90 Å². The van der Waals surface area contributed by atoms with Crippen LogP contribution in [0.4, 0.5) is 5.69 Å². The Balaban J connectivity index is 3.50. The second-order valence-electron chi connectivity index (χ2n) is 2.64. The summed E-state index contributed by atoms with van der Waals surface area (Å²) in [4.78, 5) is -0.200. The maximum Gasteiger partial charge on any atom is 0.240 e. The van der Waals surface area contributed by atoms with E-state index in [4.69, 9.17) is 22.5 Å². The molecule has 4 nitrogen and oxygen atoms in total. The number of aryl methyl sites for hydroxylation is 1. The Morgan fingerprint density at radius 3 is 2.46 bits per heavy atom. The number of halogens is 1. The molecule has 13 heavy (non-hydrogen) atoms. The lowest BCUT2D eigenvalue weighted by atomic mass is 10.2. The van der Waals surface area contributed by atoms with Gasteiger partial charge in [-0.1, -0.05) is 11.6 Å². The number of hydrogen-bond donors (Lipinski definition) is 1. The van der Waals surface area contributed by atoms with Crippen molar-refractivity contribution in [3.8, 4) is 0 Å². The molecule has 3 N–H and O–H groups in total. The van der Waals surface area contributed by atoms with Gasteiger partial charge in [0.15, 0.2) is 0 Å². The molecule has 0 fully saturated rings. The standard InChI is InChI=1S/C7H8ClN2O2S/c1-4-2-7(13(10,11)12)6(9)3-5(4)8/h2-3,9H,1H3,(H2,10,11,12). The molecule has 1 rings (SSSR count). The fourth-order valence-corrected chi connectivity index (χ4v) is 1.76. The van der Waals surface area contributed by atoms with Crippen LogP contribution in [0.5, 0.6) is 0 Å². The minimum Gasteiger partial charge on any atom is -0.299 e. The molecule has 0 unspecified atom stereocenters. The second-order valence-corrected chi connectivity index (χ2v) is 4.58. The third-order valence-corrected chi connectivity index (χ3v) is 2.93. The zero-order chi connectivity index (χ0) is 10.2. The lowest BCUT2D eigenvalue weighted by molar-refractivity contribution is 0.598. The Hall–Kier alpha value is -0.780. The van der Waals surface area contributed by atoms with E-state index in [0.717, 1.165) is 0 Å². The van der Waals surface area contributed by atoms with Crippen molar-refractivity contribution in [3.63, 3.8) is 0 Å². The van der Waals surface area contributed by atoms with Gasteiger partial charge in [0.25, 0.3) is 0 Å². The SMILES string of the molecule is Cc1cc(S(N)(=O)=O)c([NH])cc1Cl. The van der Waals surface area contributed by atoms with Crippen molar-refractivity contribution in [3.05, 3.63) is 22.7 Å². The molecule has 1 aromatic carbocycles. The summed E-state index contributed by atoms with van der Waals surface area (Å²) >= 11 is 5.68. The van der Waals surface area contributed by atoms with Crippen LogP contribution in [0, 0.1) is 6.92 Å². The second kappa shape index (κ2) is 3.17. The summed E-state index contributed by atoms with van der Waals surface area (Å²) in [7, 11) is -3.82. The van der Waals surface area contributed by atoms with Crippen molar-refractivity contribution in [2.75, 3.05) is 0 Å². The number of rotatable bonds is 1. The van der Waals surface area contributed by atoms with Gasteiger partial charge in [-0.3, -0.25) is 5.73 Å². The van der Waals surface area contributed by atoms with E-state index in [9.17, 15) is 8.42 Å². The average molecular weight is 220 g/mol. The first-order chi connectivity index (χ1) is 5.82. The fraction of sp³-hybridized carbons (Fsp3) is 0.143. The molecule has 1 radical (unpaired) electrons. The first kappa shape index (κ1) is 10.3. The molecule has 0 bridgehead atoms. The average Bonchev–Trinajstić information content (AvgIpc) is 1.94. The van der Waals surface area contributed by atoms with Crippen molar-refractivity contribution in [1.29, 1.82) is 0 Å². The lowest BCUT2D eigenvalue weighted by Crippen LogP contribution is -2.13. The summed E-state index contributed by atoms with van der Waals surface area (Å²) < 4.78 is 21.9. The predicted molar refractivity (Wildman–Crippen MR) is 50.3 cm³/mol. The summed E-state index contributed by atoms with van der Waals surface area (Å²) in [6.45, 7) is 1.65. The molecule has 0 amide bonds. The Labute approximate surface area is 81.5 Å². The van der Waals surface area contributed by atoms with Crippen LogP contribution in [0.25, 0.3) is 0 Å². The van der Waals surface area contributed by atoms with Gasteiger partial charge < -0.3 is 0 Å². The van der Waals surface area contributed by atoms with Gasteiger partial charge in [0.2, 0.25) is 10.0 Å². The van der Waals surface area contributed by atoms with Gasteiger partial charge in [-0.2, -0.15) is 0 Å². The molecular weight excluding hydrogens is 212 g/mol. The van der Waals surface area contributed by atoms with Gasteiger partial charge in [-0.05, 0) is 24.6 Å². The van der Waals surface area contributed by atoms with E-state index in [1.807, 2.05) is 0 Å². The van der Waals surface area contributed by atoms with Crippen LogP contribution in [0.1, 0.15) is 5.56 Å². The molecular formula is C7H8ClN2O2S. The van der Waals surface area contributed by atoms with Crippen LogP contribution in [-0.4, -0.2) is 8.42 Å². The highest BCUT2D eigenvalue weighted by Crippen LogP contribution is 2.26. The van der Waals surface area contributed by atoms with E-state index in [1.165, 1.54) is 12.1 Å². The number of sulfonamides is 1. The van der Waals surface area contributed by atoms with Crippen LogP contribution in [0.3, 0.4) is 0 Å². The van der Waals surface area contributed by atoms with Gasteiger partial charge in [0, 0.05) is 5.02 Å². The van der Waals surface area contributed by atoms with Crippen molar-refractivity contribution in [1.82, 2.24) is 5.73 Å². The first-order valence-electron chi connectivity index (χ1n) is 3.37. The van der Waals surface area contributed by atoms with Crippen molar-refractivity contribution in [2.45, 2.75) is 11.8 Å². The van der Waals surface area contributed by atoms with E-state index in [2.05, 4.69) is 0 Å². The number of hydrogen-bond acceptors (Lipinski definition) is 2. The minimum absolute atomic E-state index is 0.182. The Kier molecular flexibility index (Phi) is 2.51. The smallest absolute Gasteiger partial charge is 0.240 e. The highest BCUT2D eigenvalue weighted by Gasteiger charge is 2.14. The summed E-state index contributed by atoms with van der Waals surface area (Å²) in [5.41, 5.74) is 7.72. The maximum atomic E-state index is 10.9. The Morgan fingerprint density at radius 2 is 2.00 bits per heavy atom. The van der Waals surface area contributed by atoms with E-state index < -0.39 is 10.0 Å². The molecule has 0 aliphatic rings. The van der Waals surface area contributed by atoms with Crippen LogP contribution < -0.4 is 10.9 Å². The van der Waals surface area contributed by atoms with Gasteiger partial charge in [0.05, 0.1) is 5.69 Å². The largest absolute Gasteiger partial charge is 0.299 e. The molecule has 71 valence electrons. The highest BCUT2D eigenvalue weighted by molar-refractivity contribution is 7.89. The van der Waals surface area contributed by atoms with Crippen LogP contribution in [0.2, 0.25) is 5.02 Å². The summed E-state index contributed by atoms with van der Waals surface area (Å²) in [6, 6.07) is 2.55. The molecule has 6 heteroatoms. The highest BCUT2D eigenvalue weighted by atomic mass is 35.5. The quantitative estimate of drug-likeness (QED) is 0.770. The third-order valence-electron chi connectivity index (χ3n) is 1.57. The summed E-state index contributed by atoms with van der Waals surface area (Å²) in [5.74, 6) is 0. The molecule has 0 spiro atoms. The molecule has 1 aromatic rings. The number of primary sulfonamides is 1. The zero-order valence-electron chi connectivity index (χ0n) is 6.83. The van der Waals surface area contributed by atoms with E-state index in [-0.39, 0.29) is 10.6 Å². The van der Waals surface area contributed by atoms with Gasteiger partial charge in [-0.25, -0.2) is 13.6 Å². The van der Waals surface area contributed by atoms with Crippen molar-refractivity contribution in [2.24, 2.45) is 5.14 Å². The molecule has 0 aromatic heterocycles.